The lowest BCUT2D eigenvalue weighted by molar-refractivity contribution is -0.138. The first-order chi connectivity index (χ1) is 16.3. The molecule has 0 spiro atoms. The van der Waals surface area contributed by atoms with E-state index in [-0.39, 0.29) is 30.4 Å². The van der Waals surface area contributed by atoms with Crippen LogP contribution in [0.4, 0.5) is 4.79 Å². The SMILES string of the molecule is CCCC(NC(=O)Oc1ccoc1)C(=O)N1CCC2C1C(=O)CN2S(=O)(=O)Cc1ccccn1. The van der Waals surface area contributed by atoms with Crippen molar-refractivity contribution in [2.75, 3.05) is 13.1 Å². The van der Waals surface area contributed by atoms with E-state index in [9.17, 15) is 22.8 Å². The zero-order chi connectivity index (χ0) is 24.3. The number of Topliss-reactive ketones (excluding diaryl/α,β-unsaturated/α-hetero) is 1. The fourth-order valence-electron chi connectivity index (χ4n) is 4.47. The van der Waals surface area contributed by atoms with Crippen molar-refractivity contribution in [2.24, 2.45) is 0 Å². The van der Waals surface area contributed by atoms with Gasteiger partial charge in [0.2, 0.25) is 15.9 Å². The third kappa shape index (κ3) is 4.97. The highest BCUT2D eigenvalue weighted by molar-refractivity contribution is 7.88. The summed E-state index contributed by atoms with van der Waals surface area (Å²) in [7, 11) is -3.81. The molecule has 3 atom stereocenters. The molecule has 4 rings (SSSR count). The quantitative estimate of drug-likeness (QED) is 0.584. The van der Waals surface area contributed by atoms with E-state index in [1.54, 1.807) is 18.2 Å². The summed E-state index contributed by atoms with van der Waals surface area (Å²) in [5.41, 5.74) is 0.382. The highest BCUT2D eigenvalue weighted by Gasteiger charge is 2.54. The topological polar surface area (TPSA) is 139 Å². The summed E-state index contributed by atoms with van der Waals surface area (Å²) in [5, 5.41) is 2.56. The number of pyridine rings is 1. The number of rotatable bonds is 8. The lowest BCUT2D eigenvalue weighted by atomic mass is 10.1. The average Bonchev–Trinajstić information content (AvgIpc) is 3.52. The molecule has 2 saturated heterocycles. The molecule has 2 amide bonds. The van der Waals surface area contributed by atoms with Crippen LogP contribution in [0.5, 0.6) is 5.75 Å². The fraction of sp³-hybridized carbons (Fsp3) is 0.455. The van der Waals surface area contributed by atoms with Crippen molar-refractivity contribution < 1.29 is 32.0 Å². The number of likely N-dealkylation sites (tertiary alicyclic amines) is 1. The number of sulfonamides is 1. The number of hydrogen-bond donors (Lipinski definition) is 1. The number of nitrogens with one attached hydrogen (secondary N) is 1. The van der Waals surface area contributed by atoms with Crippen molar-refractivity contribution in [1.82, 2.24) is 19.5 Å². The van der Waals surface area contributed by atoms with Crippen molar-refractivity contribution in [3.8, 4) is 5.75 Å². The van der Waals surface area contributed by atoms with Crippen molar-refractivity contribution in [1.29, 1.82) is 0 Å². The zero-order valence-electron chi connectivity index (χ0n) is 18.6. The van der Waals surface area contributed by atoms with Crippen LogP contribution in [0.1, 0.15) is 31.9 Å². The minimum atomic E-state index is -3.81. The molecule has 0 radical (unpaired) electrons. The van der Waals surface area contributed by atoms with E-state index in [0.717, 1.165) is 0 Å². The van der Waals surface area contributed by atoms with Crippen LogP contribution >= 0.6 is 0 Å². The second kappa shape index (κ2) is 9.94. The number of nitrogens with zero attached hydrogens (tertiary/aromatic N) is 3. The summed E-state index contributed by atoms with van der Waals surface area (Å²) in [6.45, 7) is 1.79. The highest BCUT2D eigenvalue weighted by atomic mass is 32.2. The van der Waals surface area contributed by atoms with Crippen LogP contribution in [0, 0.1) is 0 Å². The van der Waals surface area contributed by atoms with Crippen LogP contribution in [-0.2, 0) is 25.4 Å². The summed E-state index contributed by atoms with van der Waals surface area (Å²) < 4.78 is 37.2. The van der Waals surface area contributed by atoms with E-state index in [1.165, 1.54) is 34.0 Å². The molecule has 11 nitrogen and oxygen atoms in total. The molecule has 3 unspecified atom stereocenters. The molecule has 2 aromatic heterocycles. The minimum Gasteiger partial charge on any atom is -0.469 e. The molecule has 2 aromatic rings. The van der Waals surface area contributed by atoms with Crippen molar-refractivity contribution in [3.05, 3.63) is 48.7 Å². The van der Waals surface area contributed by atoms with E-state index in [2.05, 4.69) is 10.3 Å². The van der Waals surface area contributed by atoms with E-state index < -0.39 is 40.1 Å². The summed E-state index contributed by atoms with van der Waals surface area (Å²) in [6, 6.07) is 4.04. The van der Waals surface area contributed by atoms with Gasteiger partial charge in [-0.1, -0.05) is 19.4 Å². The van der Waals surface area contributed by atoms with Gasteiger partial charge in [-0.15, -0.1) is 0 Å². The smallest absolute Gasteiger partial charge is 0.413 e. The third-order valence-electron chi connectivity index (χ3n) is 5.95. The first-order valence-electron chi connectivity index (χ1n) is 11.0. The van der Waals surface area contributed by atoms with Gasteiger partial charge in [0.1, 0.15) is 24.1 Å². The zero-order valence-corrected chi connectivity index (χ0v) is 19.4. The van der Waals surface area contributed by atoms with Gasteiger partial charge in [0, 0.05) is 18.8 Å². The van der Waals surface area contributed by atoms with Crippen LogP contribution < -0.4 is 10.1 Å². The maximum absolute atomic E-state index is 13.3. The third-order valence-corrected chi connectivity index (χ3v) is 7.72. The molecule has 4 heterocycles. The van der Waals surface area contributed by atoms with Gasteiger partial charge in [-0.2, -0.15) is 4.31 Å². The Balaban J connectivity index is 1.46. The lowest BCUT2D eigenvalue weighted by Gasteiger charge is -2.28. The van der Waals surface area contributed by atoms with E-state index in [0.29, 0.717) is 25.0 Å². The Kier molecular flexibility index (Phi) is 6.98. The van der Waals surface area contributed by atoms with Crippen molar-refractivity contribution in [2.45, 2.75) is 50.1 Å². The van der Waals surface area contributed by atoms with Gasteiger partial charge in [-0.3, -0.25) is 14.6 Å². The van der Waals surface area contributed by atoms with Crippen LogP contribution in [0.3, 0.4) is 0 Å². The van der Waals surface area contributed by atoms with Crippen molar-refractivity contribution in [3.63, 3.8) is 0 Å². The molecule has 0 aliphatic carbocycles. The normalized spacial score (nSPS) is 21.3. The van der Waals surface area contributed by atoms with Gasteiger partial charge in [-0.25, -0.2) is 13.2 Å². The van der Waals surface area contributed by atoms with Gasteiger partial charge in [0.25, 0.3) is 0 Å². The molecule has 0 aromatic carbocycles. The maximum atomic E-state index is 13.3. The Morgan fingerprint density at radius 2 is 2.15 bits per heavy atom. The molecule has 182 valence electrons. The maximum Gasteiger partial charge on any atom is 0.413 e. The number of carbonyl (C=O) groups excluding carboxylic acids is 3. The number of carbonyl (C=O) groups is 3. The summed E-state index contributed by atoms with van der Waals surface area (Å²) in [6.07, 6.45) is 4.56. The van der Waals surface area contributed by atoms with E-state index >= 15 is 0 Å². The molecule has 12 heteroatoms. The number of hydrogen-bond acceptors (Lipinski definition) is 8. The van der Waals surface area contributed by atoms with Gasteiger partial charge >= 0.3 is 6.09 Å². The number of furan rings is 1. The first-order valence-corrected chi connectivity index (χ1v) is 12.6. The predicted molar refractivity (Wildman–Crippen MR) is 119 cm³/mol. The largest absolute Gasteiger partial charge is 0.469 e. The van der Waals surface area contributed by atoms with Gasteiger partial charge < -0.3 is 19.4 Å². The minimum absolute atomic E-state index is 0.196. The van der Waals surface area contributed by atoms with Crippen LogP contribution in [0.15, 0.2) is 47.4 Å². The number of fused-ring (bicyclic) bond motifs is 1. The predicted octanol–water partition coefficient (Wildman–Crippen LogP) is 1.32. The highest BCUT2D eigenvalue weighted by Crippen LogP contribution is 2.33. The lowest BCUT2D eigenvalue weighted by Crippen LogP contribution is -2.53. The van der Waals surface area contributed by atoms with Crippen LogP contribution in [0.25, 0.3) is 0 Å². The molecule has 0 bridgehead atoms. The molecule has 34 heavy (non-hydrogen) atoms. The molecule has 2 aliphatic heterocycles. The fourth-order valence-corrected chi connectivity index (χ4v) is 6.14. The van der Waals surface area contributed by atoms with E-state index in [1.807, 2.05) is 6.92 Å². The number of aromatic nitrogens is 1. The number of amides is 2. The van der Waals surface area contributed by atoms with E-state index in [4.69, 9.17) is 9.15 Å². The molecule has 2 aliphatic rings. The first kappa shape index (κ1) is 23.9. The standard InChI is InChI=1S/C22H26N4O7S/c1-2-5-17(24-22(29)33-16-8-11-32-13-16)21(28)25-10-7-18-20(25)19(27)12-26(18)34(30,31)14-15-6-3-4-9-23-15/h3-4,6,8-9,11,13,17-18,20H,2,5,7,10,12,14H2,1H3,(H,24,29). The summed E-state index contributed by atoms with van der Waals surface area (Å²) in [4.78, 5) is 43.9. The van der Waals surface area contributed by atoms with Crippen LogP contribution in [-0.4, -0.2) is 71.6 Å². The average molecular weight is 491 g/mol. The Hall–Kier alpha value is -3.25. The second-order valence-electron chi connectivity index (χ2n) is 8.26. The molecule has 0 saturated carbocycles. The molecular formula is C22H26N4O7S. The van der Waals surface area contributed by atoms with Crippen LogP contribution in [0.2, 0.25) is 0 Å². The molecular weight excluding hydrogens is 464 g/mol. The molecule has 2 fully saturated rings. The Labute approximate surface area is 197 Å². The Bertz CT molecular complexity index is 1140. The second-order valence-corrected chi connectivity index (χ2v) is 10.2. The van der Waals surface area contributed by atoms with Gasteiger partial charge in [-0.05, 0) is 25.0 Å². The number of ketones is 1. The monoisotopic (exact) mass is 490 g/mol. The Morgan fingerprint density at radius 3 is 2.82 bits per heavy atom. The Morgan fingerprint density at radius 1 is 1.32 bits per heavy atom. The summed E-state index contributed by atoms with van der Waals surface area (Å²) >= 11 is 0. The van der Waals surface area contributed by atoms with Crippen molar-refractivity contribution >= 4 is 27.8 Å². The molecule has 1 N–H and O–H groups in total. The number of ether oxygens (including phenoxy) is 1. The summed E-state index contributed by atoms with van der Waals surface area (Å²) in [5.74, 6) is -0.897. The van der Waals surface area contributed by atoms with Gasteiger partial charge in [0.15, 0.2) is 11.5 Å². The van der Waals surface area contributed by atoms with Gasteiger partial charge in [0.05, 0.1) is 24.5 Å².